The Bertz CT molecular complexity index is 655. The number of hydrazine groups is 1. The van der Waals surface area contributed by atoms with E-state index in [4.69, 9.17) is 21.7 Å². The third-order valence-corrected chi connectivity index (χ3v) is 4.06. The Morgan fingerprint density at radius 1 is 1.27 bits per heavy atom. The summed E-state index contributed by atoms with van der Waals surface area (Å²) < 4.78 is 9.96. The van der Waals surface area contributed by atoms with Crippen LogP contribution in [0.4, 0.5) is 10.5 Å². The second-order valence-corrected chi connectivity index (χ2v) is 5.94. The smallest absolute Gasteiger partial charge is 0.340 e. The topological polar surface area (TPSA) is 83.1 Å². The third kappa shape index (κ3) is 5.30. The molecule has 0 bridgehead atoms. The van der Waals surface area contributed by atoms with Gasteiger partial charge in [0.05, 0.1) is 18.8 Å². The fourth-order valence-electron chi connectivity index (χ4n) is 2.51. The second-order valence-electron chi connectivity index (χ2n) is 5.56. The maximum absolute atomic E-state index is 12.6. The first-order valence-corrected chi connectivity index (χ1v) is 8.87. The molecule has 2 amide bonds. The van der Waals surface area contributed by atoms with Crippen molar-refractivity contribution in [2.24, 2.45) is 0 Å². The maximum atomic E-state index is 12.6. The number of ether oxygens (including phenoxy) is 2. The molecule has 1 heterocycles. The van der Waals surface area contributed by atoms with Crippen LogP contribution < -0.4 is 10.6 Å². The van der Waals surface area contributed by atoms with Gasteiger partial charge in [-0.25, -0.2) is 14.6 Å². The lowest BCUT2D eigenvalue weighted by Crippen LogP contribution is -2.50. The normalized spacial score (nSPS) is 13.5. The number of benzene rings is 1. The molecule has 1 saturated heterocycles. The number of urea groups is 1. The minimum atomic E-state index is -0.421. The number of hydrogen-bond donors (Lipinski definition) is 2. The Kier molecular flexibility index (Phi) is 7.61. The van der Waals surface area contributed by atoms with Crippen LogP contribution in [0, 0.1) is 0 Å². The average molecular weight is 380 g/mol. The van der Waals surface area contributed by atoms with E-state index in [1.54, 1.807) is 48.3 Å². The minimum Gasteiger partial charge on any atom is -0.462 e. The zero-order valence-electron chi connectivity index (χ0n) is 15.0. The molecule has 0 radical (unpaired) electrons. The maximum Gasteiger partial charge on any atom is 0.340 e. The monoisotopic (exact) mass is 380 g/mol. The number of carbonyl (C=O) groups excluding carboxylic acids is 2. The highest BCUT2D eigenvalue weighted by Gasteiger charge is 2.28. The standard InChI is InChI=1S/C17H24N4O4S/c1-3-25-15(22)13-6-4-7-14(12-13)19-16(23)20-9-5-10-21(20)17(26)18-8-11-24-2/h4,6-7,12H,3,5,8-11H2,1-2H3,(H,18,26)(H,19,23). The molecule has 1 aliphatic heterocycles. The van der Waals surface area contributed by atoms with Crippen LogP contribution in [0.5, 0.6) is 0 Å². The quantitative estimate of drug-likeness (QED) is 0.443. The fourth-order valence-corrected chi connectivity index (χ4v) is 2.80. The summed E-state index contributed by atoms with van der Waals surface area (Å²) in [6, 6.07) is 6.34. The molecule has 1 aromatic carbocycles. The van der Waals surface area contributed by atoms with E-state index in [-0.39, 0.29) is 6.03 Å². The van der Waals surface area contributed by atoms with Crippen LogP contribution in [0.25, 0.3) is 0 Å². The van der Waals surface area contributed by atoms with Gasteiger partial charge in [-0.1, -0.05) is 6.07 Å². The molecule has 0 aromatic heterocycles. The molecule has 0 unspecified atom stereocenters. The number of methoxy groups -OCH3 is 1. The van der Waals surface area contributed by atoms with E-state index in [0.29, 0.717) is 49.2 Å². The first-order valence-electron chi connectivity index (χ1n) is 8.46. The van der Waals surface area contributed by atoms with E-state index in [9.17, 15) is 9.59 Å². The first kappa shape index (κ1) is 19.9. The second kappa shape index (κ2) is 9.93. The van der Waals surface area contributed by atoms with E-state index >= 15 is 0 Å². The first-order chi connectivity index (χ1) is 12.6. The number of rotatable bonds is 6. The number of amides is 2. The molecule has 2 N–H and O–H groups in total. The van der Waals surface area contributed by atoms with Crippen LogP contribution in [0.3, 0.4) is 0 Å². The van der Waals surface area contributed by atoms with E-state index in [2.05, 4.69) is 10.6 Å². The van der Waals surface area contributed by atoms with Gasteiger partial charge in [-0.2, -0.15) is 0 Å². The van der Waals surface area contributed by atoms with Gasteiger partial charge in [-0.05, 0) is 43.8 Å². The van der Waals surface area contributed by atoms with Crippen molar-refractivity contribution >= 4 is 35.0 Å². The highest BCUT2D eigenvalue weighted by atomic mass is 32.1. The van der Waals surface area contributed by atoms with Crippen molar-refractivity contribution in [3.8, 4) is 0 Å². The molecule has 1 aromatic rings. The molecule has 26 heavy (non-hydrogen) atoms. The van der Waals surface area contributed by atoms with Gasteiger partial charge in [0.15, 0.2) is 5.11 Å². The lowest BCUT2D eigenvalue weighted by atomic mass is 10.2. The van der Waals surface area contributed by atoms with E-state index in [1.165, 1.54) is 0 Å². The predicted octanol–water partition coefficient (Wildman–Crippen LogP) is 1.84. The van der Waals surface area contributed by atoms with Crippen molar-refractivity contribution in [3.05, 3.63) is 29.8 Å². The van der Waals surface area contributed by atoms with Crippen molar-refractivity contribution in [1.82, 2.24) is 15.3 Å². The molecule has 2 rings (SSSR count). The summed E-state index contributed by atoms with van der Waals surface area (Å²) in [5, 5.41) is 9.63. The van der Waals surface area contributed by atoms with Crippen LogP contribution in [0.2, 0.25) is 0 Å². The SMILES string of the molecule is CCOC(=O)c1cccc(NC(=O)N2CCCN2C(=S)NCCOC)c1. The van der Waals surface area contributed by atoms with Gasteiger partial charge in [-0.3, -0.25) is 5.01 Å². The van der Waals surface area contributed by atoms with Crippen LogP contribution in [-0.2, 0) is 9.47 Å². The molecule has 1 fully saturated rings. The Morgan fingerprint density at radius 3 is 2.77 bits per heavy atom. The van der Waals surface area contributed by atoms with Crippen molar-refractivity contribution < 1.29 is 19.1 Å². The van der Waals surface area contributed by atoms with Gasteiger partial charge in [0.1, 0.15) is 0 Å². The predicted molar refractivity (Wildman–Crippen MR) is 102 cm³/mol. The van der Waals surface area contributed by atoms with Gasteiger partial charge in [0.25, 0.3) is 0 Å². The number of esters is 1. The summed E-state index contributed by atoms with van der Waals surface area (Å²) in [6.07, 6.45) is 0.822. The summed E-state index contributed by atoms with van der Waals surface area (Å²) in [5.41, 5.74) is 0.908. The summed E-state index contributed by atoms with van der Waals surface area (Å²) in [6.45, 7) is 4.37. The van der Waals surface area contributed by atoms with Crippen molar-refractivity contribution in [3.63, 3.8) is 0 Å². The molecule has 0 aliphatic carbocycles. The Balaban J connectivity index is 1.99. The van der Waals surface area contributed by atoms with E-state index < -0.39 is 5.97 Å². The highest BCUT2D eigenvalue weighted by molar-refractivity contribution is 7.80. The Hall–Kier alpha value is -2.39. The molecule has 1 aliphatic rings. The molecule has 0 atom stereocenters. The Morgan fingerprint density at radius 2 is 2.04 bits per heavy atom. The summed E-state index contributed by atoms with van der Waals surface area (Å²) in [7, 11) is 1.62. The number of anilines is 1. The highest BCUT2D eigenvalue weighted by Crippen LogP contribution is 2.16. The van der Waals surface area contributed by atoms with E-state index in [0.717, 1.165) is 6.42 Å². The molecule has 0 spiro atoms. The van der Waals surface area contributed by atoms with Crippen molar-refractivity contribution in [1.29, 1.82) is 0 Å². The lowest BCUT2D eigenvalue weighted by Gasteiger charge is -2.30. The summed E-state index contributed by atoms with van der Waals surface area (Å²) in [5.74, 6) is -0.421. The van der Waals surface area contributed by atoms with Crippen LogP contribution in [0.1, 0.15) is 23.7 Å². The fraction of sp³-hybridized carbons (Fsp3) is 0.471. The van der Waals surface area contributed by atoms with Gasteiger partial charge in [-0.15, -0.1) is 0 Å². The van der Waals surface area contributed by atoms with Crippen LogP contribution >= 0.6 is 12.2 Å². The molecule has 9 heteroatoms. The number of nitrogens with one attached hydrogen (secondary N) is 2. The molecule has 0 saturated carbocycles. The summed E-state index contributed by atoms with van der Waals surface area (Å²) >= 11 is 5.35. The van der Waals surface area contributed by atoms with Crippen LogP contribution in [-0.4, -0.2) is 67.1 Å². The molecule has 8 nitrogen and oxygen atoms in total. The average Bonchev–Trinajstić information content (AvgIpc) is 3.12. The van der Waals surface area contributed by atoms with Crippen molar-refractivity contribution in [2.75, 3.05) is 45.3 Å². The van der Waals surface area contributed by atoms with Gasteiger partial charge >= 0.3 is 12.0 Å². The largest absolute Gasteiger partial charge is 0.462 e. The zero-order chi connectivity index (χ0) is 18.9. The van der Waals surface area contributed by atoms with Gasteiger partial charge in [0.2, 0.25) is 0 Å². The van der Waals surface area contributed by atoms with E-state index in [1.807, 2.05) is 0 Å². The number of hydrogen-bond acceptors (Lipinski definition) is 5. The number of thiocarbonyl (C=S) groups is 1. The third-order valence-electron chi connectivity index (χ3n) is 3.71. The molecular weight excluding hydrogens is 356 g/mol. The lowest BCUT2D eigenvalue weighted by molar-refractivity contribution is 0.0526. The van der Waals surface area contributed by atoms with Gasteiger partial charge in [0, 0.05) is 32.4 Å². The number of carbonyl (C=O) groups is 2. The molecular formula is C17H24N4O4S. The summed E-state index contributed by atoms with van der Waals surface area (Å²) in [4.78, 5) is 24.4. The van der Waals surface area contributed by atoms with Crippen molar-refractivity contribution in [2.45, 2.75) is 13.3 Å². The Labute approximate surface area is 158 Å². The minimum absolute atomic E-state index is 0.297. The molecule has 142 valence electrons. The zero-order valence-corrected chi connectivity index (χ0v) is 15.8. The van der Waals surface area contributed by atoms with Crippen LogP contribution in [0.15, 0.2) is 24.3 Å². The number of nitrogens with zero attached hydrogens (tertiary/aromatic N) is 2. The van der Waals surface area contributed by atoms with Gasteiger partial charge < -0.3 is 20.1 Å².